The standard InChI is InChI=1S/C40H76O7Si3/c1-20-31(27-44-48(14,15)37(3,4)5)34(41)33(28-45-49(16,17)38(6,7)8)36(47-50(18,19)39(9,10)11)40(12)35(46-40)29(2)25-43-26-30-21-23-32(42-13)24-22-30/h20-24,29,31,33-36,41H,1,25-28H2,2-19H3/t29-,31-,33-,34+,35+,36-,40?/m0/s1. The minimum atomic E-state index is -2.35. The van der Waals surface area contributed by atoms with Crippen molar-refractivity contribution in [1.29, 1.82) is 0 Å². The number of hydrogen-bond acceptors (Lipinski definition) is 7. The second-order valence-electron chi connectivity index (χ2n) is 19.6. The summed E-state index contributed by atoms with van der Waals surface area (Å²) >= 11 is 0. The van der Waals surface area contributed by atoms with Gasteiger partial charge in [0.1, 0.15) is 11.4 Å². The van der Waals surface area contributed by atoms with E-state index in [0.717, 1.165) is 11.3 Å². The SMILES string of the molecule is C=C[C@@H](CO[Si](C)(C)C(C)(C)C)[C@@H](O)[C@H](CO[Si](C)(C)C(C)(C)C)[C@H](O[Si](C)(C)C(C)(C)C)C1(C)O[C@@H]1[C@@H](C)COCc1ccc(OC)cc1. The lowest BCUT2D eigenvalue weighted by Gasteiger charge is -2.46. The van der Waals surface area contributed by atoms with Crippen LogP contribution in [-0.2, 0) is 29.4 Å². The molecule has 10 heteroatoms. The van der Waals surface area contributed by atoms with E-state index in [2.05, 4.69) is 122 Å². The molecule has 1 heterocycles. The molecule has 7 atom stereocenters. The third kappa shape index (κ3) is 11.3. The highest BCUT2D eigenvalue weighted by atomic mass is 28.4. The Hall–Kier alpha value is -0.829. The number of methoxy groups -OCH3 is 1. The Bertz CT molecular complexity index is 1210. The highest BCUT2D eigenvalue weighted by Gasteiger charge is 2.64. The summed E-state index contributed by atoms with van der Waals surface area (Å²) in [5.74, 6) is 0.275. The third-order valence-corrected chi connectivity index (χ3v) is 25.9. The summed E-state index contributed by atoms with van der Waals surface area (Å²) < 4.78 is 39.3. The van der Waals surface area contributed by atoms with Crippen LogP contribution in [-0.4, -0.2) is 80.9 Å². The quantitative estimate of drug-likeness (QED) is 0.0856. The first-order valence-electron chi connectivity index (χ1n) is 18.7. The molecule has 1 fully saturated rings. The Kier molecular flexibility index (Phi) is 15.1. The first-order valence-corrected chi connectivity index (χ1v) is 27.4. The summed E-state index contributed by atoms with van der Waals surface area (Å²) in [5.41, 5.74) is 0.463. The van der Waals surface area contributed by atoms with Gasteiger partial charge in [0.25, 0.3) is 0 Å². The molecule has 1 aromatic rings. The first kappa shape index (κ1) is 45.3. The van der Waals surface area contributed by atoms with Gasteiger partial charge >= 0.3 is 0 Å². The van der Waals surface area contributed by atoms with Crippen molar-refractivity contribution in [2.24, 2.45) is 17.8 Å². The molecule has 1 saturated heterocycles. The summed E-state index contributed by atoms with van der Waals surface area (Å²) in [6, 6.07) is 7.97. The topological polar surface area (TPSA) is 78.9 Å². The van der Waals surface area contributed by atoms with Gasteiger partial charge in [0.15, 0.2) is 25.0 Å². The number of aliphatic hydroxyl groups excluding tert-OH is 1. The lowest BCUT2D eigenvalue weighted by Crippen LogP contribution is -2.56. The van der Waals surface area contributed by atoms with Crippen LogP contribution < -0.4 is 4.74 Å². The normalized spacial score (nSPS) is 22.4. The molecule has 0 aromatic heterocycles. The molecule has 2 rings (SSSR count). The Morgan fingerprint density at radius 2 is 1.30 bits per heavy atom. The van der Waals surface area contributed by atoms with E-state index in [-0.39, 0.29) is 39.0 Å². The second-order valence-corrected chi connectivity index (χ2v) is 33.9. The number of rotatable bonds is 19. The van der Waals surface area contributed by atoms with Gasteiger partial charge in [0.05, 0.1) is 38.6 Å². The maximum Gasteiger partial charge on any atom is 0.192 e. The maximum absolute atomic E-state index is 12.5. The summed E-state index contributed by atoms with van der Waals surface area (Å²) in [4.78, 5) is 0. The van der Waals surface area contributed by atoms with Crippen molar-refractivity contribution < 1.29 is 32.6 Å². The van der Waals surface area contributed by atoms with Crippen LogP contribution in [0.1, 0.15) is 81.7 Å². The fourth-order valence-electron chi connectivity index (χ4n) is 5.48. The van der Waals surface area contributed by atoms with Crippen molar-refractivity contribution in [3.63, 3.8) is 0 Å². The predicted molar refractivity (Wildman–Crippen MR) is 217 cm³/mol. The molecule has 0 amide bonds. The van der Waals surface area contributed by atoms with Gasteiger partial charge in [-0.05, 0) is 79.0 Å². The number of ether oxygens (including phenoxy) is 3. The van der Waals surface area contributed by atoms with Crippen LogP contribution in [0.4, 0.5) is 0 Å². The predicted octanol–water partition coefficient (Wildman–Crippen LogP) is 10.2. The second kappa shape index (κ2) is 16.7. The molecule has 0 aliphatic carbocycles. The molecule has 7 nitrogen and oxygen atoms in total. The lowest BCUT2D eigenvalue weighted by atomic mass is 9.80. The van der Waals surface area contributed by atoms with Crippen LogP contribution in [0.5, 0.6) is 5.75 Å². The molecule has 1 N–H and O–H groups in total. The van der Waals surface area contributed by atoms with Crippen LogP contribution in [0.15, 0.2) is 36.9 Å². The van der Waals surface area contributed by atoms with Gasteiger partial charge in [0, 0.05) is 31.0 Å². The van der Waals surface area contributed by atoms with Crippen molar-refractivity contribution in [2.45, 2.75) is 161 Å². The number of aliphatic hydroxyl groups is 1. The number of hydrogen-bond donors (Lipinski definition) is 1. The van der Waals surface area contributed by atoms with Crippen LogP contribution in [0, 0.1) is 17.8 Å². The van der Waals surface area contributed by atoms with Crippen LogP contribution >= 0.6 is 0 Å². The third-order valence-electron chi connectivity index (χ3n) is 12.5. The van der Waals surface area contributed by atoms with Gasteiger partial charge in [-0.3, -0.25) is 0 Å². The zero-order chi connectivity index (χ0) is 38.7. The van der Waals surface area contributed by atoms with Gasteiger partial charge in [-0.1, -0.05) is 87.4 Å². The van der Waals surface area contributed by atoms with Gasteiger partial charge in [0.2, 0.25) is 0 Å². The average molecular weight is 753 g/mol. The van der Waals surface area contributed by atoms with Gasteiger partial charge in [-0.2, -0.15) is 0 Å². The molecular formula is C40H76O7Si3. The zero-order valence-corrected chi connectivity index (χ0v) is 38.3. The molecule has 0 radical (unpaired) electrons. The van der Waals surface area contributed by atoms with Gasteiger partial charge in [-0.15, -0.1) is 6.58 Å². The molecule has 1 aromatic carbocycles. The lowest BCUT2D eigenvalue weighted by molar-refractivity contribution is -0.0590. The first-order chi connectivity index (χ1) is 22.5. The molecular weight excluding hydrogens is 677 g/mol. The molecule has 0 spiro atoms. The van der Waals surface area contributed by atoms with E-state index in [4.69, 9.17) is 27.5 Å². The van der Waals surface area contributed by atoms with Crippen LogP contribution in [0.2, 0.25) is 54.4 Å². The highest BCUT2D eigenvalue weighted by Crippen LogP contribution is 2.51. The van der Waals surface area contributed by atoms with E-state index in [1.165, 1.54) is 0 Å². The Balaban J connectivity index is 2.49. The minimum absolute atomic E-state index is 0.0137. The molecule has 290 valence electrons. The molecule has 1 unspecified atom stereocenters. The van der Waals surface area contributed by atoms with Crippen LogP contribution in [0.25, 0.3) is 0 Å². The van der Waals surface area contributed by atoms with E-state index in [0.29, 0.717) is 26.4 Å². The summed E-state index contributed by atoms with van der Waals surface area (Å²) in [6.07, 6.45) is 0.554. The van der Waals surface area contributed by atoms with E-state index in [1.807, 2.05) is 30.3 Å². The Labute approximate surface area is 310 Å². The van der Waals surface area contributed by atoms with Gasteiger partial charge < -0.3 is 32.6 Å². The Morgan fingerprint density at radius 1 is 0.820 bits per heavy atom. The van der Waals surface area contributed by atoms with Gasteiger partial charge in [-0.25, -0.2) is 0 Å². The van der Waals surface area contributed by atoms with E-state index >= 15 is 0 Å². The smallest absolute Gasteiger partial charge is 0.192 e. The van der Waals surface area contributed by atoms with E-state index in [1.54, 1.807) is 7.11 Å². The summed E-state index contributed by atoms with van der Waals surface area (Å²) in [5, 5.41) is 12.5. The molecule has 1 aliphatic rings. The number of epoxide rings is 1. The molecule has 1 aliphatic heterocycles. The summed E-state index contributed by atoms with van der Waals surface area (Å²) in [7, 11) is -4.93. The average Bonchev–Trinajstić information content (AvgIpc) is 3.67. The van der Waals surface area contributed by atoms with Crippen LogP contribution in [0.3, 0.4) is 0 Å². The highest BCUT2D eigenvalue weighted by molar-refractivity contribution is 6.75. The summed E-state index contributed by atoms with van der Waals surface area (Å²) in [6.45, 7) is 44.2. The van der Waals surface area contributed by atoms with E-state index in [9.17, 15) is 5.11 Å². The largest absolute Gasteiger partial charge is 0.497 e. The molecule has 0 bridgehead atoms. The van der Waals surface area contributed by atoms with Crippen molar-refractivity contribution >= 4 is 25.0 Å². The fraction of sp³-hybridized carbons (Fsp3) is 0.800. The van der Waals surface area contributed by atoms with Crippen molar-refractivity contribution in [3.8, 4) is 5.75 Å². The monoisotopic (exact) mass is 752 g/mol. The van der Waals surface area contributed by atoms with Crippen molar-refractivity contribution in [3.05, 3.63) is 42.5 Å². The minimum Gasteiger partial charge on any atom is -0.497 e. The number of benzene rings is 1. The molecule has 0 saturated carbocycles. The maximum atomic E-state index is 12.5. The Morgan fingerprint density at radius 3 is 1.74 bits per heavy atom. The van der Waals surface area contributed by atoms with Crippen molar-refractivity contribution in [2.75, 3.05) is 26.9 Å². The zero-order valence-electron chi connectivity index (χ0n) is 35.3. The van der Waals surface area contributed by atoms with E-state index < -0.39 is 42.8 Å². The molecule has 50 heavy (non-hydrogen) atoms. The fourth-order valence-corrected chi connectivity index (χ4v) is 8.96. The van der Waals surface area contributed by atoms with Crippen molar-refractivity contribution in [1.82, 2.24) is 0 Å².